The number of halogens is 4. The molecule has 0 unspecified atom stereocenters. The van der Waals surface area contributed by atoms with E-state index in [1.165, 1.54) is 30.0 Å². The second kappa shape index (κ2) is 16.0. The topological polar surface area (TPSA) is 93.7 Å². The van der Waals surface area contributed by atoms with Gasteiger partial charge < -0.3 is 21.1 Å². The Kier molecular flexibility index (Phi) is 12.1. The molecule has 4 N–H and O–H groups in total. The van der Waals surface area contributed by atoms with E-state index in [9.17, 15) is 22.4 Å². The van der Waals surface area contributed by atoms with Gasteiger partial charge in [-0.15, -0.1) is 0 Å². The second-order valence-electron chi connectivity index (χ2n) is 11.7. The molecular weight excluding hydrogens is 588 g/mol. The summed E-state index contributed by atoms with van der Waals surface area (Å²) in [6, 6.07) is 21.7. The van der Waals surface area contributed by atoms with Crippen molar-refractivity contribution in [2.24, 2.45) is 5.92 Å². The minimum atomic E-state index is -5.08. The lowest BCUT2D eigenvalue weighted by Crippen LogP contribution is -2.48. The first-order chi connectivity index (χ1) is 21.5. The number of hydrogen-bond acceptors (Lipinski definition) is 5. The third-order valence-corrected chi connectivity index (χ3v) is 8.02. The first-order valence-corrected chi connectivity index (χ1v) is 15.2. The summed E-state index contributed by atoms with van der Waals surface area (Å²) in [5, 5.41) is 17.0. The summed E-state index contributed by atoms with van der Waals surface area (Å²) >= 11 is 0. The number of alkyl halides is 3. The van der Waals surface area contributed by atoms with E-state index < -0.39 is 12.1 Å². The van der Waals surface area contributed by atoms with Crippen LogP contribution in [-0.4, -0.2) is 66.8 Å². The van der Waals surface area contributed by atoms with Gasteiger partial charge >= 0.3 is 12.1 Å². The van der Waals surface area contributed by atoms with Gasteiger partial charge in [0.05, 0.1) is 0 Å². The van der Waals surface area contributed by atoms with Gasteiger partial charge in [0.25, 0.3) is 5.91 Å². The van der Waals surface area contributed by atoms with Crippen LogP contribution in [0.5, 0.6) is 0 Å². The normalized spacial score (nSPS) is 17.7. The fourth-order valence-corrected chi connectivity index (χ4v) is 5.65. The first kappa shape index (κ1) is 34.1. The molecule has 1 atom stereocenters. The highest BCUT2D eigenvalue weighted by Crippen LogP contribution is 2.26. The Balaban J connectivity index is 0.000000591. The summed E-state index contributed by atoms with van der Waals surface area (Å²) in [7, 11) is 0. The van der Waals surface area contributed by atoms with Gasteiger partial charge in [0.2, 0.25) is 0 Å². The van der Waals surface area contributed by atoms with Gasteiger partial charge in [-0.3, -0.25) is 9.69 Å². The molecule has 0 aromatic heterocycles. The Hall–Kier alpha value is -3.80. The molecule has 0 radical (unpaired) electrons. The van der Waals surface area contributed by atoms with E-state index in [-0.39, 0.29) is 11.7 Å². The van der Waals surface area contributed by atoms with E-state index >= 15 is 0 Å². The van der Waals surface area contributed by atoms with Crippen LogP contribution in [0.15, 0.2) is 66.7 Å². The van der Waals surface area contributed by atoms with Crippen LogP contribution >= 0.6 is 0 Å². The zero-order valence-corrected chi connectivity index (χ0v) is 25.3. The number of hydrogen-bond donors (Lipinski definition) is 4. The SMILES string of the molecule is C[C@H]1CN(Cc2cccc(-c3cc(CNC(=O)c4ccc(CC5CCNCC5)cc4)ccc3F)c2)CCN1.O=C(O)C(F)(F)F. The molecule has 3 aromatic rings. The van der Waals surface area contributed by atoms with Gasteiger partial charge in [0.15, 0.2) is 0 Å². The number of carbonyl (C=O) groups is 2. The van der Waals surface area contributed by atoms with Crippen molar-refractivity contribution in [2.45, 2.75) is 51.5 Å². The van der Waals surface area contributed by atoms with E-state index in [1.807, 2.05) is 30.3 Å². The first-order valence-electron chi connectivity index (χ1n) is 15.2. The lowest BCUT2D eigenvalue weighted by atomic mass is 9.91. The summed E-state index contributed by atoms with van der Waals surface area (Å²) in [5.74, 6) is -2.41. The molecule has 45 heavy (non-hydrogen) atoms. The second-order valence-corrected chi connectivity index (χ2v) is 11.7. The maximum atomic E-state index is 14.9. The molecule has 2 saturated heterocycles. The molecule has 2 heterocycles. The van der Waals surface area contributed by atoms with Crippen molar-refractivity contribution < 1.29 is 32.3 Å². The lowest BCUT2D eigenvalue weighted by molar-refractivity contribution is -0.192. The molecule has 0 aliphatic carbocycles. The fraction of sp³-hybridized carbons (Fsp3) is 0.412. The smallest absolute Gasteiger partial charge is 0.475 e. The third-order valence-electron chi connectivity index (χ3n) is 8.02. The zero-order valence-electron chi connectivity index (χ0n) is 25.3. The molecule has 0 bridgehead atoms. The zero-order chi connectivity index (χ0) is 32.4. The van der Waals surface area contributed by atoms with Crippen LogP contribution in [0.25, 0.3) is 11.1 Å². The third kappa shape index (κ3) is 10.7. The van der Waals surface area contributed by atoms with Crippen LogP contribution in [0, 0.1) is 11.7 Å². The van der Waals surface area contributed by atoms with Crippen molar-refractivity contribution >= 4 is 11.9 Å². The van der Waals surface area contributed by atoms with Crippen LogP contribution in [-0.2, 0) is 24.3 Å². The Morgan fingerprint density at radius 2 is 1.64 bits per heavy atom. The molecule has 7 nitrogen and oxygen atoms in total. The van der Waals surface area contributed by atoms with Crippen LogP contribution in [0.2, 0.25) is 0 Å². The number of carboxylic acid groups (broad SMARTS) is 1. The number of amides is 1. The summed E-state index contributed by atoms with van der Waals surface area (Å²) in [6.07, 6.45) is -1.60. The Morgan fingerprint density at radius 1 is 0.956 bits per heavy atom. The van der Waals surface area contributed by atoms with Crippen molar-refractivity contribution in [1.82, 2.24) is 20.9 Å². The van der Waals surface area contributed by atoms with E-state index in [1.54, 1.807) is 6.07 Å². The molecule has 2 aliphatic rings. The Bertz CT molecular complexity index is 1430. The molecule has 242 valence electrons. The minimum Gasteiger partial charge on any atom is -0.475 e. The van der Waals surface area contributed by atoms with Crippen LogP contribution in [0.4, 0.5) is 17.6 Å². The van der Waals surface area contributed by atoms with E-state index in [4.69, 9.17) is 9.90 Å². The molecule has 3 aromatic carbocycles. The molecule has 5 rings (SSSR count). The monoisotopic (exact) mass is 628 g/mol. The number of piperidine rings is 1. The van der Waals surface area contributed by atoms with E-state index in [0.29, 0.717) is 23.7 Å². The van der Waals surface area contributed by atoms with E-state index in [2.05, 4.69) is 52.0 Å². The average molecular weight is 629 g/mol. The number of piperazine rings is 1. The summed E-state index contributed by atoms with van der Waals surface area (Å²) in [4.78, 5) is 24.1. The number of benzene rings is 3. The van der Waals surface area contributed by atoms with E-state index in [0.717, 1.165) is 62.7 Å². The average Bonchev–Trinajstić information content (AvgIpc) is 3.01. The van der Waals surface area contributed by atoms with Crippen molar-refractivity contribution in [1.29, 1.82) is 0 Å². The maximum Gasteiger partial charge on any atom is 0.490 e. The number of rotatable bonds is 8. The molecule has 11 heteroatoms. The molecule has 2 aliphatic heterocycles. The Labute approximate surface area is 261 Å². The summed E-state index contributed by atoms with van der Waals surface area (Å²) < 4.78 is 46.6. The molecule has 1 amide bonds. The van der Waals surface area contributed by atoms with Crippen LogP contribution < -0.4 is 16.0 Å². The van der Waals surface area contributed by atoms with Gasteiger partial charge in [-0.2, -0.15) is 13.2 Å². The van der Waals surface area contributed by atoms with Crippen molar-refractivity contribution in [3.63, 3.8) is 0 Å². The number of carboxylic acids is 1. The summed E-state index contributed by atoms with van der Waals surface area (Å²) in [5.41, 5.74) is 5.41. The largest absolute Gasteiger partial charge is 0.490 e. The quantitative estimate of drug-likeness (QED) is 0.250. The molecule has 0 saturated carbocycles. The highest BCUT2D eigenvalue weighted by molar-refractivity contribution is 5.94. The molecular formula is C34H40F4N4O3. The van der Waals surface area contributed by atoms with Gasteiger partial charge in [0, 0.05) is 49.9 Å². The standard InChI is InChI=1S/C32H39FN4O.C2HF3O2/c1-23-21-37(16-15-35-23)22-27-3-2-4-29(18-27)30-19-26(7-10-31(30)33)20-36-32(38)28-8-5-24(6-9-28)17-25-11-13-34-14-12-25;3-2(4,5)1(6)7/h2-10,18-19,23,25,34-35H,11-17,20-22H2,1H3,(H,36,38);(H,6,7)/t23-;/m0./s1. The Morgan fingerprint density at radius 3 is 2.31 bits per heavy atom. The van der Waals surface area contributed by atoms with Crippen molar-refractivity contribution in [3.8, 4) is 11.1 Å². The van der Waals surface area contributed by atoms with Gasteiger partial charge in [-0.25, -0.2) is 9.18 Å². The van der Waals surface area contributed by atoms with Crippen LogP contribution in [0.3, 0.4) is 0 Å². The summed E-state index contributed by atoms with van der Waals surface area (Å²) in [6.45, 7) is 8.61. The van der Waals surface area contributed by atoms with Gasteiger partial charge in [-0.1, -0.05) is 36.4 Å². The highest BCUT2D eigenvalue weighted by atomic mass is 19.4. The predicted molar refractivity (Wildman–Crippen MR) is 165 cm³/mol. The predicted octanol–water partition coefficient (Wildman–Crippen LogP) is 5.39. The number of nitrogens with one attached hydrogen (secondary N) is 3. The molecule has 0 spiro atoms. The maximum absolute atomic E-state index is 14.9. The number of nitrogens with zero attached hydrogens (tertiary/aromatic N) is 1. The van der Waals surface area contributed by atoms with Crippen molar-refractivity contribution in [2.75, 3.05) is 32.7 Å². The minimum absolute atomic E-state index is 0.114. The lowest BCUT2D eigenvalue weighted by Gasteiger charge is -2.31. The molecule has 2 fully saturated rings. The highest BCUT2D eigenvalue weighted by Gasteiger charge is 2.38. The van der Waals surface area contributed by atoms with Gasteiger partial charge in [0.1, 0.15) is 5.82 Å². The van der Waals surface area contributed by atoms with Gasteiger partial charge in [-0.05, 0) is 97.8 Å². The van der Waals surface area contributed by atoms with Crippen LogP contribution in [0.1, 0.15) is 46.8 Å². The number of carbonyl (C=O) groups excluding carboxylic acids is 1. The van der Waals surface area contributed by atoms with Crippen molar-refractivity contribution in [3.05, 3.63) is 94.8 Å². The number of aliphatic carboxylic acids is 1. The fourth-order valence-electron chi connectivity index (χ4n) is 5.65.